The summed E-state index contributed by atoms with van der Waals surface area (Å²) in [6, 6.07) is 10.3. The number of rotatable bonds is 5. The van der Waals surface area contributed by atoms with E-state index in [2.05, 4.69) is 39.5 Å². The second kappa shape index (κ2) is 10.3. The van der Waals surface area contributed by atoms with E-state index < -0.39 is 0 Å². The van der Waals surface area contributed by atoms with Gasteiger partial charge in [0.05, 0.1) is 11.9 Å². The summed E-state index contributed by atoms with van der Waals surface area (Å²) in [5.74, 6) is 0.814. The predicted octanol–water partition coefficient (Wildman–Crippen LogP) is 1.40. The fourth-order valence-corrected chi connectivity index (χ4v) is 3.15. The van der Waals surface area contributed by atoms with Gasteiger partial charge in [0.2, 0.25) is 5.91 Å². The first kappa shape index (κ1) is 22.0. The van der Waals surface area contributed by atoms with Crippen molar-refractivity contribution in [3.8, 4) is 0 Å². The van der Waals surface area contributed by atoms with Gasteiger partial charge in [0, 0.05) is 59.2 Å². The molecule has 0 bridgehead atoms. The van der Waals surface area contributed by atoms with E-state index in [-0.39, 0.29) is 29.9 Å². The molecule has 1 aliphatic rings. The minimum Gasteiger partial charge on any atom is -0.373 e. The molecule has 0 saturated carbocycles. The number of amides is 1. The SMILES string of the molecule is CN=C(NCCN(C)c1ccccc1)N1CCN(c2cnn(C)c2)C(=O)C1.I. The molecular weight excluding hydrogens is 469 g/mol. The second-order valence-electron chi connectivity index (χ2n) is 6.57. The van der Waals surface area contributed by atoms with Gasteiger partial charge in [-0.2, -0.15) is 5.10 Å². The molecule has 1 fully saturated rings. The fraction of sp³-hybridized carbons (Fsp3) is 0.421. The molecule has 0 unspecified atom stereocenters. The first-order valence-electron chi connectivity index (χ1n) is 9.09. The van der Waals surface area contributed by atoms with Crippen LogP contribution in [0, 0.1) is 0 Å². The molecule has 1 aromatic heterocycles. The molecule has 1 N–H and O–H groups in total. The van der Waals surface area contributed by atoms with Gasteiger partial charge in [0.1, 0.15) is 6.54 Å². The van der Waals surface area contributed by atoms with Crippen LogP contribution in [0.25, 0.3) is 0 Å². The van der Waals surface area contributed by atoms with Crippen LogP contribution in [0.2, 0.25) is 0 Å². The van der Waals surface area contributed by atoms with Crippen molar-refractivity contribution in [2.75, 3.05) is 56.6 Å². The predicted molar refractivity (Wildman–Crippen MR) is 124 cm³/mol. The van der Waals surface area contributed by atoms with Crippen molar-refractivity contribution < 1.29 is 4.79 Å². The van der Waals surface area contributed by atoms with Crippen molar-refractivity contribution in [2.45, 2.75) is 0 Å². The number of halogens is 1. The standard InChI is InChI=1S/C19H27N7O.HI/c1-20-19(21-9-10-23(2)16-7-5-4-6-8-16)25-11-12-26(18(27)15-25)17-13-22-24(3)14-17;/h4-8,13-14H,9-12,15H2,1-3H3,(H,20,21);1H. The Kier molecular flexibility index (Phi) is 8.09. The third-order valence-corrected chi connectivity index (χ3v) is 4.66. The van der Waals surface area contributed by atoms with Gasteiger partial charge >= 0.3 is 0 Å². The Balaban J connectivity index is 0.00000280. The summed E-state index contributed by atoms with van der Waals surface area (Å²) in [6.45, 7) is 3.24. The minimum absolute atomic E-state index is 0. The van der Waals surface area contributed by atoms with E-state index in [0.29, 0.717) is 13.1 Å². The van der Waals surface area contributed by atoms with Crippen LogP contribution in [0.3, 0.4) is 0 Å². The van der Waals surface area contributed by atoms with Crippen LogP contribution in [0.1, 0.15) is 0 Å². The number of aliphatic imine (C=N–C) groups is 1. The number of carbonyl (C=O) groups is 1. The number of likely N-dealkylation sites (N-methyl/N-ethyl adjacent to an activating group) is 1. The van der Waals surface area contributed by atoms with Crippen LogP contribution in [0.15, 0.2) is 47.7 Å². The number of anilines is 2. The van der Waals surface area contributed by atoms with E-state index in [1.165, 1.54) is 5.69 Å². The van der Waals surface area contributed by atoms with E-state index in [1.807, 2.05) is 36.3 Å². The zero-order chi connectivity index (χ0) is 19.2. The molecule has 2 aromatic rings. The van der Waals surface area contributed by atoms with Gasteiger partial charge in [-0.15, -0.1) is 24.0 Å². The van der Waals surface area contributed by atoms with Crippen LogP contribution in [-0.2, 0) is 11.8 Å². The highest BCUT2D eigenvalue weighted by Crippen LogP contribution is 2.16. The summed E-state index contributed by atoms with van der Waals surface area (Å²) < 4.78 is 1.71. The van der Waals surface area contributed by atoms with Crippen molar-refractivity contribution >= 4 is 47.2 Å². The molecule has 1 amide bonds. The second-order valence-corrected chi connectivity index (χ2v) is 6.57. The molecule has 1 saturated heterocycles. The molecule has 1 aliphatic heterocycles. The monoisotopic (exact) mass is 497 g/mol. The quantitative estimate of drug-likeness (QED) is 0.385. The summed E-state index contributed by atoms with van der Waals surface area (Å²) >= 11 is 0. The van der Waals surface area contributed by atoms with Gasteiger partial charge < -0.3 is 20.0 Å². The topological polar surface area (TPSA) is 69.0 Å². The lowest BCUT2D eigenvalue weighted by Crippen LogP contribution is -2.55. The van der Waals surface area contributed by atoms with Crippen molar-refractivity contribution in [3.05, 3.63) is 42.7 Å². The molecule has 0 spiro atoms. The maximum atomic E-state index is 12.6. The Hall–Kier alpha value is -2.30. The summed E-state index contributed by atoms with van der Waals surface area (Å²) in [4.78, 5) is 22.9. The first-order chi connectivity index (χ1) is 13.1. The summed E-state index contributed by atoms with van der Waals surface area (Å²) in [6.07, 6.45) is 3.58. The van der Waals surface area contributed by atoms with Crippen molar-refractivity contribution in [1.82, 2.24) is 20.0 Å². The molecule has 8 nitrogen and oxygen atoms in total. The van der Waals surface area contributed by atoms with Crippen LogP contribution < -0.4 is 15.1 Å². The van der Waals surface area contributed by atoms with Crippen molar-refractivity contribution in [2.24, 2.45) is 12.0 Å². The number of nitrogens with zero attached hydrogens (tertiary/aromatic N) is 6. The third kappa shape index (κ3) is 5.37. The van der Waals surface area contributed by atoms with Crippen LogP contribution >= 0.6 is 24.0 Å². The van der Waals surface area contributed by atoms with E-state index in [4.69, 9.17) is 0 Å². The van der Waals surface area contributed by atoms with Gasteiger partial charge in [0.25, 0.3) is 0 Å². The van der Waals surface area contributed by atoms with Gasteiger partial charge in [-0.3, -0.25) is 14.5 Å². The van der Waals surface area contributed by atoms with E-state index in [1.54, 1.807) is 22.8 Å². The van der Waals surface area contributed by atoms with Crippen molar-refractivity contribution in [1.29, 1.82) is 0 Å². The Bertz CT molecular complexity index is 793. The van der Waals surface area contributed by atoms with Crippen LogP contribution in [0.5, 0.6) is 0 Å². The number of piperazine rings is 1. The molecule has 0 atom stereocenters. The average Bonchev–Trinajstić information content (AvgIpc) is 3.11. The number of aromatic nitrogens is 2. The van der Waals surface area contributed by atoms with Crippen LogP contribution in [-0.4, -0.2) is 73.4 Å². The zero-order valence-electron chi connectivity index (χ0n) is 16.6. The van der Waals surface area contributed by atoms with E-state index in [0.717, 1.165) is 31.3 Å². The number of aryl methyl sites for hydroxylation is 1. The molecule has 1 aromatic carbocycles. The smallest absolute Gasteiger partial charge is 0.246 e. The minimum atomic E-state index is 0. The van der Waals surface area contributed by atoms with Crippen LogP contribution in [0.4, 0.5) is 11.4 Å². The summed E-state index contributed by atoms with van der Waals surface area (Å²) in [5.41, 5.74) is 2.02. The van der Waals surface area contributed by atoms with Gasteiger partial charge in [-0.25, -0.2) is 0 Å². The Labute approximate surface area is 183 Å². The number of nitrogens with one attached hydrogen (secondary N) is 1. The third-order valence-electron chi connectivity index (χ3n) is 4.66. The molecule has 28 heavy (non-hydrogen) atoms. The van der Waals surface area contributed by atoms with Gasteiger partial charge in [-0.05, 0) is 12.1 Å². The molecule has 9 heteroatoms. The zero-order valence-corrected chi connectivity index (χ0v) is 18.9. The number of para-hydroxylation sites is 1. The number of benzene rings is 1. The maximum absolute atomic E-state index is 12.6. The number of hydrogen-bond acceptors (Lipinski definition) is 4. The molecular formula is C19H28IN7O. The Morgan fingerprint density at radius 2 is 2.04 bits per heavy atom. The highest BCUT2D eigenvalue weighted by atomic mass is 127. The van der Waals surface area contributed by atoms with Gasteiger partial charge in [0.15, 0.2) is 5.96 Å². The lowest BCUT2D eigenvalue weighted by Gasteiger charge is -2.35. The molecule has 2 heterocycles. The van der Waals surface area contributed by atoms with E-state index in [9.17, 15) is 4.79 Å². The lowest BCUT2D eigenvalue weighted by molar-refractivity contribution is -0.120. The first-order valence-corrected chi connectivity index (χ1v) is 9.09. The molecule has 0 radical (unpaired) electrons. The highest BCUT2D eigenvalue weighted by Gasteiger charge is 2.27. The number of guanidine groups is 1. The van der Waals surface area contributed by atoms with Gasteiger partial charge in [-0.1, -0.05) is 18.2 Å². The molecule has 3 rings (SSSR count). The average molecular weight is 497 g/mol. The lowest BCUT2D eigenvalue weighted by atomic mass is 10.3. The Morgan fingerprint density at radius 3 is 2.64 bits per heavy atom. The Morgan fingerprint density at radius 1 is 1.29 bits per heavy atom. The summed E-state index contributed by atoms with van der Waals surface area (Å²) in [7, 11) is 5.67. The summed E-state index contributed by atoms with van der Waals surface area (Å²) in [5, 5.41) is 7.51. The maximum Gasteiger partial charge on any atom is 0.246 e. The fourth-order valence-electron chi connectivity index (χ4n) is 3.15. The normalized spacial score (nSPS) is 14.7. The largest absolute Gasteiger partial charge is 0.373 e. The van der Waals surface area contributed by atoms with E-state index >= 15 is 0 Å². The van der Waals surface area contributed by atoms with Crippen molar-refractivity contribution in [3.63, 3.8) is 0 Å². The number of carbonyl (C=O) groups excluding carboxylic acids is 1. The highest BCUT2D eigenvalue weighted by molar-refractivity contribution is 14.0. The molecule has 152 valence electrons. The number of hydrogen-bond donors (Lipinski definition) is 1. The molecule has 0 aliphatic carbocycles.